The van der Waals surface area contributed by atoms with E-state index in [-0.39, 0.29) is 5.91 Å². The number of benzene rings is 2. The maximum Gasteiger partial charge on any atom is 0.260 e. The first kappa shape index (κ1) is 22.2. The molecule has 0 saturated carbocycles. The number of rotatable bonds is 8. The maximum absolute atomic E-state index is 12.2. The van der Waals surface area contributed by atoms with Crippen molar-refractivity contribution in [3.63, 3.8) is 0 Å². The first-order chi connectivity index (χ1) is 12.8. The van der Waals surface area contributed by atoms with E-state index in [0.717, 1.165) is 33.2 Å². The van der Waals surface area contributed by atoms with Gasteiger partial charge < -0.3 is 10.1 Å². The minimum atomic E-state index is -0.583. The smallest absolute Gasteiger partial charge is 0.260 e. The summed E-state index contributed by atoms with van der Waals surface area (Å²) in [4.78, 5) is 12.2. The Morgan fingerprint density at radius 3 is 2.44 bits per heavy atom. The molecule has 27 heavy (non-hydrogen) atoms. The zero-order valence-electron chi connectivity index (χ0n) is 15.4. The molecule has 0 spiro atoms. The summed E-state index contributed by atoms with van der Waals surface area (Å²) in [6.07, 6.45) is -0.583. The fourth-order valence-corrected chi connectivity index (χ4v) is 3.97. The van der Waals surface area contributed by atoms with E-state index in [4.69, 9.17) is 39.5 Å². The highest BCUT2D eigenvalue weighted by Crippen LogP contribution is 2.27. The van der Waals surface area contributed by atoms with Crippen LogP contribution in [0.1, 0.15) is 23.6 Å². The van der Waals surface area contributed by atoms with Gasteiger partial charge >= 0.3 is 0 Å². The van der Waals surface area contributed by atoms with Gasteiger partial charge in [-0.15, -0.1) is 0 Å². The molecular weight excluding hydrogens is 425 g/mol. The molecule has 0 saturated heterocycles. The van der Waals surface area contributed by atoms with Crippen molar-refractivity contribution in [3.05, 3.63) is 62.1 Å². The Hall–Kier alpha value is -1.07. The second kappa shape index (κ2) is 10.5. The average molecular weight is 447 g/mol. The van der Waals surface area contributed by atoms with Crippen molar-refractivity contribution in [3.8, 4) is 5.75 Å². The number of carbonyl (C=O) groups is 1. The molecule has 0 fully saturated rings. The molecule has 0 aliphatic rings. The third kappa shape index (κ3) is 6.79. The Bertz CT molecular complexity index is 791. The molecular formula is C20H22Cl3NO2S. The van der Waals surface area contributed by atoms with Gasteiger partial charge in [0.05, 0.1) is 0 Å². The van der Waals surface area contributed by atoms with Crippen LogP contribution < -0.4 is 10.1 Å². The number of thioether (sulfide) groups is 1. The molecule has 1 atom stereocenters. The van der Waals surface area contributed by atoms with Crippen LogP contribution in [-0.4, -0.2) is 24.3 Å². The molecule has 1 N–H and O–H groups in total. The van der Waals surface area contributed by atoms with E-state index in [1.807, 2.05) is 38.1 Å². The van der Waals surface area contributed by atoms with Crippen molar-refractivity contribution in [2.24, 2.45) is 0 Å². The van der Waals surface area contributed by atoms with Crippen molar-refractivity contribution in [2.45, 2.75) is 32.6 Å². The summed E-state index contributed by atoms with van der Waals surface area (Å²) in [5, 5.41) is 4.90. The predicted octanol–water partition coefficient (Wildman–Crippen LogP) is 6.08. The normalized spacial score (nSPS) is 11.9. The Labute approximate surface area is 179 Å². The lowest BCUT2D eigenvalue weighted by atomic mass is 10.1. The third-order valence-electron chi connectivity index (χ3n) is 3.91. The highest BCUT2D eigenvalue weighted by atomic mass is 35.5. The monoisotopic (exact) mass is 445 g/mol. The molecule has 2 rings (SSSR count). The number of amides is 1. The van der Waals surface area contributed by atoms with Gasteiger partial charge in [-0.05, 0) is 61.7 Å². The molecule has 0 aliphatic carbocycles. The standard InChI is InChI=1S/C20H22Cl3NO2S/c1-12-8-17(9-13(2)19(12)23)26-14(3)20(25)24-6-7-27-11-15-4-5-16(21)10-18(15)22/h4-5,8-10,14H,6-7,11H2,1-3H3,(H,24,25)/t14-/m1/s1. The van der Waals surface area contributed by atoms with Crippen LogP contribution in [0.3, 0.4) is 0 Å². The van der Waals surface area contributed by atoms with E-state index in [2.05, 4.69) is 5.32 Å². The van der Waals surface area contributed by atoms with E-state index >= 15 is 0 Å². The Kier molecular flexibility index (Phi) is 8.62. The number of ether oxygens (including phenoxy) is 1. The zero-order chi connectivity index (χ0) is 20.0. The van der Waals surface area contributed by atoms with Gasteiger partial charge in [0.25, 0.3) is 5.91 Å². The number of hydrogen-bond acceptors (Lipinski definition) is 3. The van der Waals surface area contributed by atoms with E-state index in [1.54, 1.807) is 24.8 Å². The van der Waals surface area contributed by atoms with E-state index in [9.17, 15) is 4.79 Å². The zero-order valence-corrected chi connectivity index (χ0v) is 18.5. The molecule has 0 heterocycles. The lowest BCUT2D eigenvalue weighted by Crippen LogP contribution is -2.37. The van der Waals surface area contributed by atoms with Gasteiger partial charge in [0.2, 0.25) is 0 Å². The Balaban J connectivity index is 1.73. The SMILES string of the molecule is Cc1cc(O[C@H](C)C(=O)NCCSCc2ccc(Cl)cc2Cl)cc(C)c1Cl. The molecule has 3 nitrogen and oxygen atoms in total. The van der Waals surface area contributed by atoms with Crippen LogP contribution in [0.15, 0.2) is 30.3 Å². The van der Waals surface area contributed by atoms with Crippen LogP contribution >= 0.6 is 46.6 Å². The van der Waals surface area contributed by atoms with Crippen LogP contribution in [0.25, 0.3) is 0 Å². The van der Waals surface area contributed by atoms with Crippen molar-refractivity contribution < 1.29 is 9.53 Å². The van der Waals surface area contributed by atoms with E-state index in [1.165, 1.54) is 0 Å². The summed E-state index contributed by atoms with van der Waals surface area (Å²) in [6.45, 7) is 6.12. The number of halogens is 3. The summed E-state index contributed by atoms with van der Waals surface area (Å²) in [7, 11) is 0. The van der Waals surface area contributed by atoms with Crippen molar-refractivity contribution in [2.75, 3.05) is 12.3 Å². The topological polar surface area (TPSA) is 38.3 Å². The molecule has 7 heteroatoms. The minimum absolute atomic E-state index is 0.148. The number of nitrogens with one attached hydrogen (secondary N) is 1. The fourth-order valence-electron chi connectivity index (χ4n) is 2.44. The molecule has 146 valence electrons. The third-order valence-corrected chi connectivity index (χ3v) is 6.10. The van der Waals surface area contributed by atoms with Gasteiger partial charge in [-0.3, -0.25) is 4.79 Å². The van der Waals surface area contributed by atoms with Gasteiger partial charge in [-0.25, -0.2) is 0 Å². The van der Waals surface area contributed by atoms with Crippen molar-refractivity contribution in [1.29, 1.82) is 0 Å². The second-order valence-electron chi connectivity index (χ2n) is 6.21. The molecule has 1 amide bonds. The molecule has 0 bridgehead atoms. The van der Waals surface area contributed by atoms with E-state index < -0.39 is 6.10 Å². The van der Waals surface area contributed by atoms with Crippen LogP contribution in [0.5, 0.6) is 5.75 Å². The van der Waals surface area contributed by atoms with Gasteiger partial charge in [-0.1, -0.05) is 40.9 Å². The van der Waals surface area contributed by atoms with Gasteiger partial charge in [0.1, 0.15) is 5.75 Å². The molecule has 0 aliphatic heterocycles. The maximum atomic E-state index is 12.2. The largest absolute Gasteiger partial charge is 0.481 e. The summed E-state index contributed by atoms with van der Waals surface area (Å²) in [5.74, 6) is 2.03. The van der Waals surface area contributed by atoms with E-state index in [0.29, 0.717) is 22.3 Å². The van der Waals surface area contributed by atoms with Gasteiger partial charge in [0, 0.05) is 33.1 Å². The molecule has 0 unspecified atom stereocenters. The van der Waals surface area contributed by atoms with Crippen LogP contribution in [0.4, 0.5) is 0 Å². The molecule has 0 radical (unpaired) electrons. The van der Waals surface area contributed by atoms with Crippen LogP contribution in [0, 0.1) is 13.8 Å². The molecule has 0 aromatic heterocycles. The second-order valence-corrected chi connectivity index (χ2v) is 8.54. The van der Waals surface area contributed by atoms with Crippen LogP contribution in [0.2, 0.25) is 15.1 Å². The van der Waals surface area contributed by atoms with Crippen molar-refractivity contribution >= 4 is 52.5 Å². The van der Waals surface area contributed by atoms with Crippen molar-refractivity contribution in [1.82, 2.24) is 5.32 Å². The Morgan fingerprint density at radius 1 is 1.15 bits per heavy atom. The van der Waals surface area contributed by atoms with Gasteiger partial charge in [0.15, 0.2) is 6.10 Å². The Morgan fingerprint density at radius 2 is 1.81 bits per heavy atom. The first-order valence-corrected chi connectivity index (χ1v) is 10.8. The predicted molar refractivity (Wildman–Crippen MR) is 117 cm³/mol. The molecule has 2 aromatic carbocycles. The highest BCUT2D eigenvalue weighted by Gasteiger charge is 2.15. The highest BCUT2D eigenvalue weighted by molar-refractivity contribution is 7.98. The van der Waals surface area contributed by atoms with Gasteiger partial charge in [-0.2, -0.15) is 11.8 Å². The number of hydrogen-bond donors (Lipinski definition) is 1. The average Bonchev–Trinajstić information content (AvgIpc) is 2.60. The first-order valence-electron chi connectivity index (χ1n) is 8.50. The number of aryl methyl sites for hydroxylation is 2. The minimum Gasteiger partial charge on any atom is -0.481 e. The number of carbonyl (C=O) groups excluding carboxylic acids is 1. The quantitative estimate of drug-likeness (QED) is 0.499. The summed E-state index contributed by atoms with van der Waals surface area (Å²) in [5.41, 5.74) is 2.88. The lowest BCUT2D eigenvalue weighted by Gasteiger charge is -2.16. The summed E-state index contributed by atoms with van der Waals surface area (Å²) >= 11 is 19.9. The van der Waals surface area contributed by atoms with Crippen LogP contribution in [-0.2, 0) is 10.5 Å². The molecule has 2 aromatic rings. The lowest BCUT2D eigenvalue weighted by molar-refractivity contribution is -0.127. The summed E-state index contributed by atoms with van der Waals surface area (Å²) < 4.78 is 5.74. The fraction of sp³-hybridized carbons (Fsp3) is 0.350. The summed E-state index contributed by atoms with van der Waals surface area (Å²) in [6, 6.07) is 9.15.